The van der Waals surface area contributed by atoms with Gasteiger partial charge in [0, 0.05) is 11.1 Å². The molecule has 2 saturated carbocycles. The van der Waals surface area contributed by atoms with Gasteiger partial charge in [0.05, 0.1) is 6.61 Å². The molecular weight excluding hydrogens is 323 g/mol. The summed E-state index contributed by atoms with van der Waals surface area (Å²) < 4.78 is 20.0. The van der Waals surface area contributed by atoms with Crippen LogP contribution in [-0.4, -0.2) is 6.61 Å². The summed E-state index contributed by atoms with van der Waals surface area (Å²) in [5, 5.41) is 0. The maximum atomic E-state index is 14.5. The summed E-state index contributed by atoms with van der Waals surface area (Å²) in [6.45, 7) is 6.70. The fourth-order valence-corrected chi connectivity index (χ4v) is 4.93. The second-order valence-corrected chi connectivity index (χ2v) is 8.58. The van der Waals surface area contributed by atoms with Gasteiger partial charge >= 0.3 is 0 Å². The van der Waals surface area contributed by atoms with Crippen molar-refractivity contribution in [2.75, 3.05) is 6.61 Å². The molecule has 0 aromatic heterocycles. The lowest BCUT2D eigenvalue weighted by atomic mass is 9.69. The normalized spacial score (nSPS) is 29.8. The molecule has 0 spiro atoms. The average Bonchev–Trinajstić information content (AvgIpc) is 2.66. The molecule has 0 bridgehead atoms. The molecule has 26 heavy (non-hydrogen) atoms. The molecule has 0 unspecified atom stereocenters. The molecule has 2 aliphatic rings. The molecule has 2 aliphatic carbocycles. The molecule has 1 aromatic rings. The Labute approximate surface area is 159 Å². The highest BCUT2D eigenvalue weighted by atomic mass is 19.1. The molecule has 1 nitrogen and oxygen atoms in total. The predicted molar refractivity (Wildman–Crippen MR) is 108 cm³/mol. The van der Waals surface area contributed by atoms with Crippen LogP contribution in [0.4, 0.5) is 4.39 Å². The van der Waals surface area contributed by atoms with E-state index < -0.39 is 0 Å². The number of benzene rings is 1. The quantitative estimate of drug-likeness (QED) is 0.541. The van der Waals surface area contributed by atoms with E-state index in [-0.39, 0.29) is 5.82 Å². The number of hydrogen-bond donors (Lipinski definition) is 0. The molecule has 0 radical (unpaired) electrons. The van der Waals surface area contributed by atoms with Crippen LogP contribution in [0.25, 0.3) is 6.08 Å². The fourth-order valence-electron chi connectivity index (χ4n) is 4.93. The van der Waals surface area contributed by atoms with Gasteiger partial charge in [-0.1, -0.05) is 31.9 Å². The van der Waals surface area contributed by atoms with E-state index >= 15 is 0 Å². The SMILES string of the molecule is CCOc1ccc(/C=C/C2CCC(C3CCC(C)CC3)CC2)c(F)c1C. The number of ether oxygens (including phenoxy) is 1. The van der Waals surface area contributed by atoms with Crippen molar-refractivity contribution in [3.63, 3.8) is 0 Å². The van der Waals surface area contributed by atoms with Crippen molar-refractivity contribution in [1.29, 1.82) is 0 Å². The minimum absolute atomic E-state index is 0.141. The van der Waals surface area contributed by atoms with E-state index in [1.807, 2.05) is 25.1 Å². The van der Waals surface area contributed by atoms with Crippen LogP contribution in [0.1, 0.15) is 76.3 Å². The van der Waals surface area contributed by atoms with Gasteiger partial charge in [-0.05, 0) is 88.2 Å². The van der Waals surface area contributed by atoms with E-state index in [4.69, 9.17) is 4.74 Å². The first-order valence-electron chi connectivity index (χ1n) is 10.7. The monoisotopic (exact) mass is 358 g/mol. The Morgan fingerprint density at radius 3 is 2.23 bits per heavy atom. The Kier molecular flexibility index (Phi) is 6.78. The molecule has 0 atom stereocenters. The fraction of sp³-hybridized carbons (Fsp3) is 0.667. The van der Waals surface area contributed by atoms with Crippen molar-refractivity contribution in [1.82, 2.24) is 0 Å². The molecular formula is C24H35FO. The Bertz CT molecular complexity index is 605. The summed E-state index contributed by atoms with van der Waals surface area (Å²) in [5.74, 6) is 3.98. The summed E-state index contributed by atoms with van der Waals surface area (Å²) in [5.41, 5.74) is 1.30. The van der Waals surface area contributed by atoms with Gasteiger partial charge in [-0.15, -0.1) is 0 Å². The zero-order chi connectivity index (χ0) is 18.5. The highest BCUT2D eigenvalue weighted by Gasteiger charge is 2.29. The maximum absolute atomic E-state index is 14.5. The summed E-state index contributed by atoms with van der Waals surface area (Å²) in [6, 6.07) is 3.74. The molecule has 144 valence electrons. The molecule has 1 aromatic carbocycles. The van der Waals surface area contributed by atoms with Crippen LogP contribution in [0.3, 0.4) is 0 Å². The summed E-state index contributed by atoms with van der Waals surface area (Å²) in [6.07, 6.45) is 15.3. The van der Waals surface area contributed by atoms with Crippen LogP contribution in [0.15, 0.2) is 18.2 Å². The van der Waals surface area contributed by atoms with Gasteiger partial charge in [-0.3, -0.25) is 0 Å². The van der Waals surface area contributed by atoms with Crippen molar-refractivity contribution in [3.05, 3.63) is 35.2 Å². The highest BCUT2D eigenvalue weighted by Crippen LogP contribution is 2.41. The van der Waals surface area contributed by atoms with Crippen LogP contribution in [0.2, 0.25) is 0 Å². The Balaban J connectivity index is 1.53. The van der Waals surface area contributed by atoms with E-state index in [2.05, 4.69) is 13.0 Å². The molecule has 0 amide bonds. The van der Waals surface area contributed by atoms with Crippen LogP contribution in [-0.2, 0) is 0 Å². The first-order valence-corrected chi connectivity index (χ1v) is 10.7. The van der Waals surface area contributed by atoms with E-state index in [9.17, 15) is 4.39 Å². The van der Waals surface area contributed by atoms with Crippen molar-refractivity contribution in [2.24, 2.45) is 23.7 Å². The Morgan fingerprint density at radius 2 is 1.62 bits per heavy atom. The summed E-state index contributed by atoms with van der Waals surface area (Å²) in [7, 11) is 0. The molecule has 0 N–H and O–H groups in total. The van der Waals surface area contributed by atoms with Crippen molar-refractivity contribution >= 4 is 6.08 Å². The van der Waals surface area contributed by atoms with Crippen LogP contribution >= 0.6 is 0 Å². The number of halogens is 1. The Morgan fingerprint density at radius 1 is 1.00 bits per heavy atom. The van der Waals surface area contributed by atoms with E-state index in [0.717, 1.165) is 17.8 Å². The Hall–Kier alpha value is -1.31. The lowest BCUT2D eigenvalue weighted by Gasteiger charge is -2.36. The van der Waals surface area contributed by atoms with Gasteiger partial charge in [0.25, 0.3) is 0 Å². The third-order valence-electron chi connectivity index (χ3n) is 6.76. The molecule has 3 rings (SSSR count). The lowest BCUT2D eigenvalue weighted by molar-refractivity contribution is 0.160. The lowest BCUT2D eigenvalue weighted by Crippen LogP contribution is -2.24. The third kappa shape index (κ3) is 4.69. The minimum atomic E-state index is -0.141. The largest absolute Gasteiger partial charge is 0.493 e. The van der Waals surface area contributed by atoms with Gasteiger partial charge in [0.1, 0.15) is 11.6 Å². The third-order valence-corrected chi connectivity index (χ3v) is 6.76. The van der Waals surface area contributed by atoms with Gasteiger partial charge in [0.2, 0.25) is 0 Å². The van der Waals surface area contributed by atoms with E-state index in [0.29, 0.717) is 29.4 Å². The van der Waals surface area contributed by atoms with Crippen molar-refractivity contribution in [2.45, 2.75) is 72.1 Å². The standard InChI is InChI=1S/C24H35FO/c1-4-26-23-16-15-22(24(25)18(23)3)14-9-19-7-12-21(13-8-19)20-10-5-17(2)6-11-20/h9,14-17,19-21H,4-8,10-13H2,1-3H3/b14-9+. The van der Waals surface area contributed by atoms with Gasteiger partial charge < -0.3 is 4.74 Å². The minimum Gasteiger partial charge on any atom is -0.493 e. The van der Waals surface area contributed by atoms with Crippen LogP contribution in [0, 0.1) is 36.4 Å². The average molecular weight is 359 g/mol. The van der Waals surface area contributed by atoms with Gasteiger partial charge in [-0.25, -0.2) is 4.39 Å². The second kappa shape index (κ2) is 9.06. The van der Waals surface area contributed by atoms with Crippen LogP contribution in [0.5, 0.6) is 5.75 Å². The first kappa shape index (κ1) is 19.5. The van der Waals surface area contributed by atoms with E-state index in [1.54, 1.807) is 6.92 Å². The van der Waals surface area contributed by atoms with Crippen molar-refractivity contribution < 1.29 is 9.13 Å². The molecule has 0 saturated heterocycles. The molecule has 0 heterocycles. The predicted octanol–water partition coefficient (Wildman–Crippen LogP) is 7.18. The zero-order valence-electron chi connectivity index (χ0n) is 16.8. The second-order valence-electron chi connectivity index (χ2n) is 8.58. The van der Waals surface area contributed by atoms with Gasteiger partial charge in [0.15, 0.2) is 0 Å². The topological polar surface area (TPSA) is 9.23 Å². The number of hydrogen-bond acceptors (Lipinski definition) is 1. The van der Waals surface area contributed by atoms with Crippen LogP contribution < -0.4 is 4.74 Å². The number of rotatable bonds is 5. The zero-order valence-corrected chi connectivity index (χ0v) is 16.8. The first-order chi connectivity index (χ1) is 12.6. The summed E-state index contributed by atoms with van der Waals surface area (Å²) in [4.78, 5) is 0. The van der Waals surface area contributed by atoms with E-state index in [1.165, 1.54) is 51.4 Å². The highest BCUT2D eigenvalue weighted by molar-refractivity contribution is 5.54. The maximum Gasteiger partial charge on any atom is 0.137 e. The summed E-state index contributed by atoms with van der Waals surface area (Å²) >= 11 is 0. The molecule has 0 aliphatic heterocycles. The van der Waals surface area contributed by atoms with Crippen molar-refractivity contribution in [3.8, 4) is 5.75 Å². The smallest absolute Gasteiger partial charge is 0.137 e. The molecule has 2 fully saturated rings. The number of allylic oxidation sites excluding steroid dienone is 1. The van der Waals surface area contributed by atoms with Gasteiger partial charge in [-0.2, -0.15) is 0 Å². The molecule has 2 heteroatoms.